The predicted octanol–water partition coefficient (Wildman–Crippen LogP) is -1.90. The molecule has 1 fully saturated rings. The number of methoxy groups -OCH3 is 2. The molecule has 1 saturated heterocycles. The van der Waals surface area contributed by atoms with E-state index in [0.717, 1.165) is 0 Å². The zero-order chi connectivity index (χ0) is 14.9. The Morgan fingerprint density at radius 3 is 2.80 bits per heavy atom. The van der Waals surface area contributed by atoms with E-state index in [4.69, 9.17) is 25.1 Å². The molecule has 0 radical (unpaired) electrons. The van der Waals surface area contributed by atoms with Gasteiger partial charge in [0.2, 0.25) is 11.7 Å². The second kappa shape index (κ2) is 5.75. The molecule has 1 aromatic heterocycles. The number of nitrogen functional groups attached to an aromatic ring is 1. The van der Waals surface area contributed by atoms with Gasteiger partial charge in [-0.2, -0.15) is 4.98 Å². The lowest BCUT2D eigenvalue weighted by atomic mass is 10.1. The quantitative estimate of drug-likeness (QED) is 0.585. The van der Waals surface area contributed by atoms with Crippen LogP contribution in [0.15, 0.2) is 11.0 Å². The first kappa shape index (κ1) is 14.7. The molecular formula is C11H17N3O6. The van der Waals surface area contributed by atoms with Gasteiger partial charge in [-0.1, -0.05) is 0 Å². The molecule has 0 aromatic carbocycles. The van der Waals surface area contributed by atoms with Crippen molar-refractivity contribution in [2.75, 3.05) is 26.6 Å². The summed E-state index contributed by atoms with van der Waals surface area (Å²) in [6, 6.07) is 0. The number of hydrogen-bond donors (Lipinski definition) is 3. The van der Waals surface area contributed by atoms with Gasteiger partial charge in [0.05, 0.1) is 19.9 Å². The lowest BCUT2D eigenvalue weighted by Gasteiger charge is -2.22. The van der Waals surface area contributed by atoms with E-state index < -0.39 is 30.1 Å². The van der Waals surface area contributed by atoms with Crippen LogP contribution in [0, 0.1) is 0 Å². The van der Waals surface area contributed by atoms with Crippen LogP contribution >= 0.6 is 0 Å². The Bertz CT molecular complexity index is 533. The van der Waals surface area contributed by atoms with Crippen molar-refractivity contribution in [3.8, 4) is 5.75 Å². The van der Waals surface area contributed by atoms with Crippen molar-refractivity contribution < 1.29 is 24.4 Å². The highest BCUT2D eigenvalue weighted by atomic mass is 16.6. The Kier molecular flexibility index (Phi) is 4.23. The molecule has 9 heteroatoms. The van der Waals surface area contributed by atoms with Gasteiger partial charge in [-0.25, -0.2) is 0 Å². The molecule has 0 saturated carbocycles. The Morgan fingerprint density at radius 2 is 2.25 bits per heavy atom. The van der Waals surface area contributed by atoms with E-state index in [0.29, 0.717) is 0 Å². The average molecular weight is 287 g/mol. The fourth-order valence-corrected chi connectivity index (χ4v) is 2.16. The molecule has 4 N–H and O–H groups in total. The molecule has 0 bridgehead atoms. The van der Waals surface area contributed by atoms with Gasteiger partial charge in [-0.15, -0.1) is 0 Å². The van der Waals surface area contributed by atoms with E-state index in [1.807, 2.05) is 0 Å². The maximum atomic E-state index is 11.5. The molecule has 9 nitrogen and oxygen atoms in total. The van der Waals surface area contributed by atoms with E-state index in [1.54, 1.807) is 0 Å². The smallest absolute Gasteiger partial charge is 0.316 e. The van der Waals surface area contributed by atoms with E-state index >= 15 is 0 Å². The minimum Gasteiger partial charge on any atom is -0.490 e. The summed E-state index contributed by atoms with van der Waals surface area (Å²) >= 11 is 0. The SMILES string of the molecule is COc1cn([C@@H]2O[C@H](CO)[C@@H](O)[C@H]2OC)c(N)nc1=O. The second-order valence-electron chi connectivity index (χ2n) is 4.32. The van der Waals surface area contributed by atoms with Crippen LogP contribution in [-0.2, 0) is 9.47 Å². The topological polar surface area (TPSA) is 129 Å². The van der Waals surface area contributed by atoms with Gasteiger partial charge in [0.15, 0.2) is 6.23 Å². The summed E-state index contributed by atoms with van der Waals surface area (Å²) in [6.45, 7) is -0.373. The average Bonchev–Trinajstić information content (AvgIpc) is 2.75. The number of nitrogens with zero attached hydrogens (tertiary/aromatic N) is 2. The number of ether oxygens (including phenoxy) is 3. The summed E-state index contributed by atoms with van der Waals surface area (Å²) in [5, 5.41) is 19.1. The van der Waals surface area contributed by atoms with Gasteiger partial charge < -0.3 is 30.2 Å². The van der Waals surface area contributed by atoms with Crippen LogP contribution < -0.4 is 16.0 Å². The zero-order valence-electron chi connectivity index (χ0n) is 11.1. The largest absolute Gasteiger partial charge is 0.490 e. The summed E-state index contributed by atoms with van der Waals surface area (Å²) in [7, 11) is 2.72. The first-order valence-electron chi connectivity index (χ1n) is 5.93. The Balaban J connectivity index is 2.42. The molecule has 0 unspecified atom stereocenters. The molecule has 1 aromatic rings. The summed E-state index contributed by atoms with van der Waals surface area (Å²) in [5.41, 5.74) is 5.09. The van der Waals surface area contributed by atoms with Crippen LogP contribution in [0.2, 0.25) is 0 Å². The molecule has 4 atom stereocenters. The molecule has 112 valence electrons. The Hall–Kier alpha value is -1.68. The van der Waals surface area contributed by atoms with Crippen molar-refractivity contribution in [2.24, 2.45) is 0 Å². The minimum absolute atomic E-state index is 0.0143. The van der Waals surface area contributed by atoms with E-state index in [2.05, 4.69) is 4.98 Å². The summed E-state index contributed by atoms with van der Waals surface area (Å²) in [5.74, 6) is -0.117. The van der Waals surface area contributed by atoms with E-state index in [1.165, 1.54) is 25.0 Å². The number of aliphatic hydroxyl groups excluding tert-OH is 2. The normalized spacial score (nSPS) is 29.6. The molecule has 2 rings (SSSR count). The Labute approximate surface area is 114 Å². The van der Waals surface area contributed by atoms with Crippen molar-refractivity contribution in [1.29, 1.82) is 0 Å². The van der Waals surface area contributed by atoms with Gasteiger partial charge in [-0.3, -0.25) is 9.36 Å². The van der Waals surface area contributed by atoms with E-state index in [9.17, 15) is 9.90 Å². The highest BCUT2D eigenvalue weighted by Crippen LogP contribution is 2.32. The summed E-state index contributed by atoms with van der Waals surface area (Å²) in [4.78, 5) is 15.1. The number of hydrogen-bond acceptors (Lipinski definition) is 8. The standard InChI is InChI=1S/C11H17N3O6/c1-18-5-3-14(11(12)13-9(5)17)10-8(19-2)7(16)6(4-15)20-10/h3,6-8,10,15-16H,4H2,1-2H3,(H2,12,13,17)/t6-,7-,8-,10-/m1/s1. The minimum atomic E-state index is -1.03. The fraction of sp³-hybridized carbons (Fsp3) is 0.636. The van der Waals surface area contributed by atoms with Crippen LogP contribution in [0.5, 0.6) is 5.75 Å². The first-order valence-corrected chi connectivity index (χ1v) is 5.93. The Morgan fingerprint density at radius 1 is 1.55 bits per heavy atom. The summed E-state index contributed by atoms with van der Waals surface area (Å²) in [6.07, 6.45) is -2.10. The fourth-order valence-electron chi connectivity index (χ4n) is 2.16. The van der Waals surface area contributed by atoms with Gasteiger partial charge in [0.25, 0.3) is 0 Å². The van der Waals surface area contributed by atoms with Crippen LogP contribution in [0.4, 0.5) is 5.95 Å². The number of aromatic nitrogens is 2. The van der Waals surface area contributed by atoms with Gasteiger partial charge in [0, 0.05) is 7.11 Å². The van der Waals surface area contributed by atoms with Crippen LogP contribution in [-0.4, -0.2) is 58.9 Å². The predicted molar refractivity (Wildman–Crippen MR) is 67.3 cm³/mol. The van der Waals surface area contributed by atoms with Crippen LogP contribution in [0.25, 0.3) is 0 Å². The number of aliphatic hydroxyl groups is 2. The van der Waals surface area contributed by atoms with Gasteiger partial charge >= 0.3 is 5.56 Å². The van der Waals surface area contributed by atoms with Crippen molar-refractivity contribution in [1.82, 2.24) is 9.55 Å². The molecule has 0 amide bonds. The number of anilines is 1. The maximum Gasteiger partial charge on any atom is 0.316 e. The number of nitrogens with two attached hydrogens (primary N) is 1. The molecular weight excluding hydrogens is 270 g/mol. The monoisotopic (exact) mass is 287 g/mol. The first-order chi connectivity index (χ1) is 9.53. The molecule has 20 heavy (non-hydrogen) atoms. The number of rotatable bonds is 4. The second-order valence-corrected chi connectivity index (χ2v) is 4.32. The highest BCUT2D eigenvalue weighted by Gasteiger charge is 2.45. The maximum absolute atomic E-state index is 11.5. The van der Waals surface area contributed by atoms with Crippen molar-refractivity contribution in [2.45, 2.75) is 24.5 Å². The third-order valence-corrected chi connectivity index (χ3v) is 3.21. The lowest BCUT2D eigenvalue weighted by Crippen LogP contribution is -2.35. The zero-order valence-corrected chi connectivity index (χ0v) is 11.1. The van der Waals surface area contributed by atoms with Crippen LogP contribution in [0.1, 0.15) is 6.23 Å². The van der Waals surface area contributed by atoms with Crippen LogP contribution in [0.3, 0.4) is 0 Å². The van der Waals surface area contributed by atoms with Crippen molar-refractivity contribution >= 4 is 5.95 Å². The third kappa shape index (κ3) is 2.36. The molecule has 1 aliphatic heterocycles. The van der Waals surface area contributed by atoms with E-state index in [-0.39, 0.29) is 18.3 Å². The lowest BCUT2D eigenvalue weighted by molar-refractivity contribution is -0.0598. The van der Waals surface area contributed by atoms with Crippen molar-refractivity contribution in [3.63, 3.8) is 0 Å². The third-order valence-electron chi connectivity index (χ3n) is 3.21. The molecule has 2 heterocycles. The molecule has 0 aliphatic carbocycles. The summed E-state index contributed by atoms with van der Waals surface area (Å²) < 4.78 is 16.9. The molecule has 0 spiro atoms. The molecule has 1 aliphatic rings. The highest BCUT2D eigenvalue weighted by molar-refractivity contribution is 5.25. The van der Waals surface area contributed by atoms with Gasteiger partial charge in [0.1, 0.15) is 18.3 Å². The van der Waals surface area contributed by atoms with Gasteiger partial charge in [-0.05, 0) is 0 Å². The van der Waals surface area contributed by atoms with Crippen molar-refractivity contribution in [3.05, 3.63) is 16.6 Å².